The molecule has 1 N–H and O–H groups in total. The van der Waals surface area contributed by atoms with Gasteiger partial charge in [0, 0.05) is 44.2 Å². The van der Waals surface area contributed by atoms with Crippen molar-refractivity contribution in [3.8, 4) is 0 Å². The summed E-state index contributed by atoms with van der Waals surface area (Å²) in [7, 11) is 0. The molecular formula is C16H29N3O2. The first-order valence-electron chi connectivity index (χ1n) is 8.32. The lowest BCUT2D eigenvalue weighted by molar-refractivity contribution is -0.139. The molecule has 0 saturated carbocycles. The minimum Gasteiger partial charge on any atom is -0.339 e. The lowest BCUT2D eigenvalue weighted by Gasteiger charge is -2.39. The van der Waals surface area contributed by atoms with E-state index in [0.717, 1.165) is 25.9 Å². The van der Waals surface area contributed by atoms with Crippen LogP contribution in [0.4, 0.5) is 0 Å². The molecule has 2 saturated heterocycles. The third-order valence-corrected chi connectivity index (χ3v) is 5.21. The van der Waals surface area contributed by atoms with Crippen LogP contribution in [0.2, 0.25) is 0 Å². The fourth-order valence-corrected chi connectivity index (χ4v) is 3.58. The summed E-state index contributed by atoms with van der Waals surface area (Å²) < 4.78 is 0. The van der Waals surface area contributed by atoms with Gasteiger partial charge in [0.05, 0.1) is 5.92 Å². The first kappa shape index (κ1) is 16.3. The van der Waals surface area contributed by atoms with Gasteiger partial charge in [-0.2, -0.15) is 0 Å². The van der Waals surface area contributed by atoms with Crippen LogP contribution in [0, 0.1) is 5.92 Å². The highest BCUT2D eigenvalue weighted by molar-refractivity contribution is 5.89. The molecule has 2 rings (SSSR count). The Kier molecular flexibility index (Phi) is 5.25. The van der Waals surface area contributed by atoms with Crippen molar-refractivity contribution in [2.24, 2.45) is 5.92 Å². The number of carbonyl (C=O) groups excluding carboxylic acids is 2. The number of rotatable bonds is 4. The van der Waals surface area contributed by atoms with Gasteiger partial charge < -0.3 is 15.1 Å². The fourth-order valence-electron chi connectivity index (χ4n) is 3.58. The Hall–Kier alpha value is -1.10. The predicted molar refractivity (Wildman–Crippen MR) is 82.8 cm³/mol. The molecule has 0 radical (unpaired) electrons. The van der Waals surface area contributed by atoms with Gasteiger partial charge in [-0.25, -0.2) is 0 Å². The van der Waals surface area contributed by atoms with Gasteiger partial charge >= 0.3 is 0 Å². The Morgan fingerprint density at radius 2 is 2.00 bits per heavy atom. The first-order valence-corrected chi connectivity index (χ1v) is 8.32. The van der Waals surface area contributed by atoms with Crippen LogP contribution in [0.1, 0.15) is 47.0 Å². The maximum Gasteiger partial charge on any atom is 0.228 e. The van der Waals surface area contributed by atoms with Crippen molar-refractivity contribution in [2.75, 3.05) is 19.6 Å². The van der Waals surface area contributed by atoms with Crippen LogP contribution in [0.3, 0.4) is 0 Å². The summed E-state index contributed by atoms with van der Waals surface area (Å²) in [6, 6.07) is 0.799. The average molecular weight is 295 g/mol. The van der Waals surface area contributed by atoms with E-state index >= 15 is 0 Å². The van der Waals surface area contributed by atoms with Crippen LogP contribution in [0.25, 0.3) is 0 Å². The molecule has 3 atom stereocenters. The van der Waals surface area contributed by atoms with E-state index in [4.69, 9.17) is 0 Å². The summed E-state index contributed by atoms with van der Waals surface area (Å²) in [5, 5.41) is 3.39. The maximum atomic E-state index is 12.8. The molecule has 2 aliphatic heterocycles. The highest BCUT2D eigenvalue weighted by atomic mass is 16.2. The summed E-state index contributed by atoms with van der Waals surface area (Å²) in [4.78, 5) is 28.9. The predicted octanol–water partition coefficient (Wildman–Crippen LogP) is 1.23. The van der Waals surface area contributed by atoms with E-state index in [9.17, 15) is 9.59 Å². The zero-order chi connectivity index (χ0) is 15.6. The number of hydrogen-bond acceptors (Lipinski definition) is 3. The second-order valence-electron chi connectivity index (χ2n) is 6.43. The Labute approximate surface area is 128 Å². The second-order valence-corrected chi connectivity index (χ2v) is 6.43. The van der Waals surface area contributed by atoms with Crippen molar-refractivity contribution >= 4 is 11.8 Å². The quantitative estimate of drug-likeness (QED) is 0.849. The number of carbonyl (C=O) groups is 2. The van der Waals surface area contributed by atoms with Gasteiger partial charge in [0.1, 0.15) is 0 Å². The van der Waals surface area contributed by atoms with Gasteiger partial charge in [-0.15, -0.1) is 0 Å². The van der Waals surface area contributed by atoms with Crippen LogP contribution in [0.5, 0.6) is 0 Å². The Morgan fingerprint density at radius 1 is 1.33 bits per heavy atom. The second kappa shape index (κ2) is 6.77. The third kappa shape index (κ3) is 3.23. The van der Waals surface area contributed by atoms with E-state index in [-0.39, 0.29) is 29.8 Å². The highest BCUT2D eigenvalue weighted by Gasteiger charge is 2.40. The molecule has 0 aromatic heterocycles. The van der Waals surface area contributed by atoms with Crippen LogP contribution in [-0.4, -0.2) is 59.4 Å². The smallest absolute Gasteiger partial charge is 0.228 e. The summed E-state index contributed by atoms with van der Waals surface area (Å²) in [5.41, 5.74) is 0. The monoisotopic (exact) mass is 295 g/mol. The first-order chi connectivity index (χ1) is 9.99. The van der Waals surface area contributed by atoms with E-state index in [1.54, 1.807) is 0 Å². The van der Waals surface area contributed by atoms with Gasteiger partial charge in [-0.1, -0.05) is 13.8 Å². The van der Waals surface area contributed by atoms with Crippen molar-refractivity contribution in [3.05, 3.63) is 0 Å². The van der Waals surface area contributed by atoms with E-state index in [1.165, 1.54) is 0 Å². The number of amides is 2. The van der Waals surface area contributed by atoms with Crippen molar-refractivity contribution < 1.29 is 9.59 Å². The SMILES string of the molecule is CCC(CC)N1CC(C(=O)N2CCNC(C)C2C)CC1=O. The highest BCUT2D eigenvalue weighted by Crippen LogP contribution is 2.26. The van der Waals surface area contributed by atoms with Crippen LogP contribution in [-0.2, 0) is 9.59 Å². The summed E-state index contributed by atoms with van der Waals surface area (Å²) in [6.45, 7) is 10.6. The van der Waals surface area contributed by atoms with Crippen molar-refractivity contribution in [1.82, 2.24) is 15.1 Å². The molecule has 0 spiro atoms. The molecule has 5 heteroatoms. The van der Waals surface area contributed by atoms with Crippen molar-refractivity contribution in [2.45, 2.75) is 65.1 Å². The number of piperazine rings is 1. The normalized spacial score (nSPS) is 30.3. The molecule has 5 nitrogen and oxygen atoms in total. The van der Waals surface area contributed by atoms with E-state index in [0.29, 0.717) is 19.0 Å². The Morgan fingerprint density at radius 3 is 2.62 bits per heavy atom. The zero-order valence-corrected chi connectivity index (χ0v) is 13.8. The van der Waals surface area contributed by atoms with Gasteiger partial charge in [0.2, 0.25) is 11.8 Å². The standard InChI is InChI=1S/C16H29N3O2/c1-5-14(6-2)19-10-13(9-15(19)20)16(21)18-8-7-17-11(3)12(18)4/h11-14,17H,5-10H2,1-4H3. The number of hydrogen-bond donors (Lipinski definition) is 1. The molecule has 2 aliphatic rings. The maximum absolute atomic E-state index is 12.8. The molecule has 0 aromatic carbocycles. The van der Waals surface area contributed by atoms with Crippen LogP contribution in [0.15, 0.2) is 0 Å². The summed E-state index contributed by atoms with van der Waals surface area (Å²) in [5.74, 6) is 0.168. The zero-order valence-electron chi connectivity index (χ0n) is 13.8. The number of likely N-dealkylation sites (tertiary alicyclic amines) is 1. The number of nitrogens with zero attached hydrogens (tertiary/aromatic N) is 2. The van der Waals surface area contributed by atoms with E-state index in [1.807, 2.05) is 9.80 Å². The average Bonchev–Trinajstić information content (AvgIpc) is 2.85. The van der Waals surface area contributed by atoms with Crippen molar-refractivity contribution in [3.63, 3.8) is 0 Å². The lowest BCUT2D eigenvalue weighted by Crippen LogP contribution is -2.58. The third-order valence-electron chi connectivity index (χ3n) is 5.21. The van der Waals surface area contributed by atoms with Gasteiger partial charge in [0.25, 0.3) is 0 Å². The minimum absolute atomic E-state index is 0.147. The minimum atomic E-state index is -0.147. The summed E-state index contributed by atoms with van der Waals surface area (Å²) >= 11 is 0. The van der Waals surface area contributed by atoms with E-state index < -0.39 is 0 Å². The summed E-state index contributed by atoms with van der Waals surface area (Å²) in [6.07, 6.45) is 2.31. The van der Waals surface area contributed by atoms with Crippen LogP contribution < -0.4 is 5.32 Å². The Bertz CT molecular complexity index is 395. The Balaban J connectivity index is 2.02. The molecule has 120 valence electrons. The molecule has 2 heterocycles. The van der Waals surface area contributed by atoms with E-state index in [2.05, 4.69) is 33.0 Å². The molecule has 0 bridgehead atoms. The molecule has 0 aromatic rings. The van der Waals surface area contributed by atoms with Crippen LogP contribution >= 0.6 is 0 Å². The molecule has 2 amide bonds. The molecular weight excluding hydrogens is 266 g/mol. The van der Waals surface area contributed by atoms with Crippen molar-refractivity contribution in [1.29, 1.82) is 0 Å². The lowest BCUT2D eigenvalue weighted by atomic mass is 10.0. The fraction of sp³-hybridized carbons (Fsp3) is 0.875. The molecule has 21 heavy (non-hydrogen) atoms. The molecule has 3 unspecified atom stereocenters. The topological polar surface area (TPSA) is 52.7 Å². The number of nitrogens with one attached hydrogen (secondary N) is 1. The van der Waals surface area contributed by atoms with Gasteiger partial charge in [0.15, 0.2) is 0 Å². The van der Waals surface area contributed by atoms with Gasteiger partial charge in [-0.3, -0.25) is 9.59 Å². The molecule has 2 fully saturated rings. The largest absolute Gasteiger partial charge is 0.339 e. The van der Waals surface area contributed by atoms with Gasteiger partial charge in [-0.05, 0) is 26.7 Å². The molecule has 0 aliphatic carbocycles.